The number of nitrogens with zero attached hydrogens (tertiary/aromatic N) is 4. The van der Waals surface area contributed by atoms with E-state index in [1.165, 1.54) is 16.9 Å². The minimum atomic E-state index is -0.520. The lowest BCUT2D eigenvalue weighted by molar-refractivity contribution is 0.0992. The zero-order valence-corrected chi connectivity index (χ0v) is 19.8. The van der Waals surface area contributed by atoms with Crippen molar-refractivity contribution in [3.8, 4) is 5.75 Å². The van der Waals surface area contributed by atoms with Crippen LogP contribution < -0.4 is 15.4 Å². The van der Waals surface area contributed by atoms with E-state index in [2.05, 4.69) is 20.8 Å². The number of hydrogen-bond donors (Lipinski definition) is 2. The van der Waals surface area contributed by atoms with E-state index in [9.17, 15) is 9.59 Å². The fourth-order valence-corrected chi connectivity index (χ4v) is 3.51. The highest BCUT2D eigenvalue weighted by Gasteiger charge is 2.22. The number of nitrogens with one attached hydrogen (secondary N) is 2. The normalized spacial score (nSPS) is 10.9. The van der Waals surface area contributed by atoms with Gasteiger partial charge in [-0.05, 0) is 49.7 Å². The number of halogens is 1. The molecule has 0 aliphatic carbocycles. The summed E-state index contributed by atoms with van der Waals surface area (Å²) >= 11 is 5.97. The molecule has 1 aromatic carbocycles. The van der Waals surface area contributed by atoms with Crippen LogP contribution in [0.4, 0.5) is 11.4 Å². The largest absolute Gasteiger partial charge is 0.485 e. The van der Waals surface area contributed by atoms with Gasteiger partial charge >= 0.3 is 0 Å². The second kappa shape index (κ2) is 9.44. The van der Waals surface area contributed by atoms with Gasteiger partial charge in [0, 0.05) is 19.1 Å². The van der Waals surface area contributed by atoms with Crippen molar-refractivity contribution in [3.63, 3.8) is 0 Å². The first kappa shape index (κ1) is 23.1. The highest BCUT2D eigenvalue weighted by molar-refractivity contribution is 6.30. The zero-order chi connectivity index (χ0) is 24.4. The Hall–Kier alpha value is -4.05. The number of ether oxygens (including phenoxy) is 1. The van der Waals surface area contributed by atoms with Crippen LogP contribution in [-0.2, 0) is 20.7 Å². The first-order chi connectivity index (χ1) is 16.2. The van der Waals surface area contributed by atoms with Crippen molar-refractivity contribution in [2.45, 2.75) is 20.5 Å². The van der Waals surface area contributed by atoms with E-state index in [1.807, 2.05) is 13.8 Å². The quantitative estimate of drug-likeness (QED) is 0.409. The maximum absolute atomic E-state index is 12.9. The van der Waals surface area contributed by atoms with Crippen LogP contribution in [0.1, 0.15) is 38.1 Å². The van der Waals surface area contributed by atoms with E-state index in [0.717, 1.165) is 11.3 Å². The number of carbonyl (C=O) groups is 2. The molecule has 0 saturated heterocycles. The average molecular weight is 483 g/mol. The van der Waals surface area contributed by atoms with Gasteiger partial charge in [0.2, 0.25) is 0 Å². The van der Waals surface area contributed by atoms with Gasteiger partial charge in [-0.15, -0.1) is 0 Å². The molecule has 0 unspecified atom stereocenters. The van der Waals surface area contributed by atoms with E-state index in [-0.39, 0.29) is 23.7 Å². The molecular formula is C23H23ClN6O4. The summed E-state index contributed by atoms with van der Waals surface area (Å²) in [5.41, 5.74) is 2.68. The molecule has 4 aromatic rings. The number of anilines is 2. The van der Waals surface area contributed by atoms with Crippen molar-refractivity contribution in [2.24, 2.45) is 14.1 Å². The summed E-state index contributed by atoms with van der Waals surface area (Å²) < 4.78 is 14.4. The maximum Gasteiger partial charge on any atom is 0.291 e. The molecule has 0 saturated carbocycles. The van der Waals surface area contributed by atoms with Gasteiger partial charge in [-0.25, -0.2) is 0 Å². The highest BCUT2D eigenvalue weighted by Crippen LogP contribution is 2.24. The Bertz CT molecular complexity index is 1370. The summed E-state index contributed by atoms with van der Waals surface area (Å²) in [4.78, 5) is 25.6. The summed E-state index contributed by atoms with van der Waals surface area (Å²) in [6, 6.07) is 8.51. The second-order valence-corrected chi connectivity index (χ2v) is 8.11. The third-order valence-electron chi connectivity index (χ3n) is 5.28. The van der Waals surface area contributed by atoms with E-state index < -0.39 is 11.8 Å². The van der Waals surface area contributed by atoms with Crippen LogP contribution >= 0.6 is 11.6 Å². The van der Waals surface area contributed by atoms with Gasteiger partial charge in [0.25, 0.3) is 11.8 Å². The Morgan fingerprint density at radius 2 is 1.71 bits per heavy atom. The van der Waals surface area contributed by atoms with Crippen LogP contribution in [0.25, 0.3) is 0 Å². The molecule has 4 rings (SSSR count). The van der Waals surface area contributed by atoms with Crippen LogP contribution in [0, 0.1) is 13.8 Å². The summed E-state index contributed by atoms with van der Waals surface area (Å²) in [7, 11) is 3.39. The van der Waals surface area contributed by atoms with E-state index >= 15 is 0 Å². The molecule has 0 aliphatic heterocycles. The van der Waals surface area contributed by atoms with Gasteiger partial charge in [0.05, 0.1) is 29.5 Å². The molecular weight excluding hydrogens is 460 g/mol. The molecule has 3 aromatic heterocycles. The van der Waals surface area contributed by atoms with E-state index in [4.69, 9.17) is 20.8 Å². The van der Waals surface area contributed by atoms with Crippen molar-refractivity contribution < 1.29 is 18.7 Å². The van der Waals surface area contributed by atoms with Crippen molar-refractivity contribution in [1.29, 1.82) is 0 Å². The minimum absolute atomic E-state index is 0.0738. The van der Waals surface area contributed by atoms with E-state index in [0.29, 0.717) is 22.2 Å². The number of carbonyl (C=O) groups excluding carboxylic acids is 2. The molecule has 10 nitrogen and oxygen atoms in total. The summed E-state index contributed by atoms with van der Waals surface area (Å²) in [6.45, 7) is 3.86. The maximum atomic E-state index is 12.9. The Morgan fingerprint density at radius 1 is 1.00 bits per heavy atom. The number of rotatable bonds is 7. The lowest BCUT2D eigenvalue weighted by Gasteiger charge is -2.08. The van der Waals surface area contributed by atoms with Gasteiger partial charge in [0.15, 0.2) is 5.76 Å². The monoisotopic (exact) mass is 482 g/mol. The topological polar surface area (TPSA) is 116 Å². The Morgan fingerprint density at radius 3 is 2.41 bits per heavy atom. The molecule has 0 aliphatic rings. The first-order valence-corrected chi connectivity index (χ1v) is 10.7. The van der Waals surface area contributed by atoms with Crippen molar-refractivity contribution in [2.75, 3.05) is 10.6 Å². The molecule has 34 heavy (non-hydrogen) atoms. The zero-order valence-electron chi connectivity index (χ0n) is 19.0. The molecule has 0 bridgehead atoms. The number of furan rings is 1. The van der Waals surface area contributed by atoms with Crippen molar-refractivity contribution >= 4 is 34.8 Å². The van der Waals surface area contributed by atoms with Gasteiger partial charge in [-0.3, -0.25) is 19.0 Å². The van der Waals surface area contributed by atoms with Crippen molar-refractivity contribution in [1.82, 2.24) is 19.6 Å². The summed E-state index contributed by atoms with van der Waals surface area (Å²) in [6.07, 6.45) is 2.96. The number of aryl methyl sites for hydroxylation is 3. The van der Waals surface area contributed by atoms with Crippen LogP contribution in [0.3, 0.4) is 0 Å². The molecule has 3 heterocycles. The highest BCUT2D eigenvalue weighted by atomic mass is 35.5. The standard InChI is InChI=1S/C23H23ClN6O4/c1-13-9-15(24)5-7-19(13)33-12-16-6-8-20(34-16)22(31)28-18-11-26-30(4)21(18)23(32)27-17-10-25-29(3)14(17)2/h5-11H,12H2,1-4H3,(H,27,32)(H,28,31). The summed E-state index contributed by atoms with van der Waals surface area (Å²) in [5, 5.41) is 14.3. The van der Waals surface area contributed by atoms with Gasteiger partial charge in [0.1, 0.15) is 23.8 Å². The lowest BCUT2D eigenvalue weighted by Crippen LogP contribution is -2.20. The third-order valence-corrected chi connectivity index (χ3v) is 5.51. The smallest absolute Gasteiger partial charge is 0.291 e. The minimum Gasteiger partial charge on any atom is -0.485 e. The lowest BCUT2D eigenvalue weighted by atomic mass is 10.2. The first-order valence-electron chi connectivity index (χ1n) is 10.3. The van der Waals surface area contributed by atoms with Gasteiger partial charge in [-0.1, -0.05) is 11.6 Å². The number of aromatic nitrogens is 4. The number of benzene rings is 1. The molecule has 0 atom stereocenters. The Labute approximate surface area is 200 Å². The van der Waals surface area contributed by atoms with Crippen molar-refractivity contribution in [3.05, 3.63) is 76.2 Å². The SMILES string of the molecule is Cc1cc(Cl)ccc1OCc1ccc(C(=O)Nc2cnn(C)c2C(=O)Nc2cnn(C)c2C)o1. The molecule has 2 amide bonds. The Kier molecular flexibility index (Phi) is 6.42. The molecule has 2 N–H and O–H groups in total. The fraction of sp³-hybridized carbons (Fsp3) is 0.217. The number of hydrogen-bond acceptors (Lipinski definition) is 6. The molecule has 176 valence electrons. The predicted octanol–water partition coefficient (Wildman–Crippen LogP) is 4.10. The van der Waals surface area contributed by atoms with E-state index in [1.54, 1.807) is 49.2 Å². The molecule has 0 fully saturated rings. The predicted molar refractivity (Wildman–Crippen MR) is 126 cm³/mol. The third kappa shape index (κ3) is 4.81. The fourth-order valence-electron chi connectivity index (χ4n) is 3.29. The molecule has 0 spiro atoms. The van der Waals surface area contributed by atoms with Crippen LogP contribution in [0.2, 0.25) is 5.02 Å². The summed E-state index contributed by atoms with van der Waals surface area (Å²) in [5.74, 6) is 0.258. The average Bonchev–Trinajstić information content (AvgIpc) is 3.49. The van der Waals surface area contributed by atoms with Crippen LogP contribution in [-0.4, -0.2) is 31.4 Å². The van der Waals surface area contributed by atoms with Crippen LogP contribution in [0.15, 0.2) is 47.1 Å². The Balaban J connectivity index is 1.43. The molecule has 0 radical (unpaired) electrons. The number of amides is 2. The molecule has 11 heteroatoms. The van der Waals surface area contributed by atoms with Gasteiger partial charge < -0.3 is 19.8 Å². The van der Waals surface area contributed by atoms with Gasteiger partial charge in [-0.2, -0.15) is 10.2 Å². The second-order valence-electron chi connectivity index (χ2n) is 7.67. The van der Waals surface area contributed by atoms with Crippen LogP contribution in [0.5, 0.6) is 5.75 Å².